The van der Waals surface area contributed by atoms with Crippen molar-refractivity contribution in [1.29, 1.82) is 0 Å². The van der Waals surface area contributed by atoms with Crippen molar-refractivity contribution in [3.8, 4) is 11.1 Å². The summed E-state index contributed by atoms with van der Waals surface area (Å²) in [5.74, 6) is 0. The van der Waals surface area contributed by atoms with E-state index in [4.69, 9.17) is 11.6 Å². The maximum atomic E-state index is 6.26. The van der Waals surface area contributed by atoms with Gasteiger partial charge >= 0.3 is 0 Å². The lowest BCUT2D eigenvalue weighted by Crippen LogP contribution is -1.99. The Labute approximate surface area is 121 Å². The Hall–Kier alpha value is -1.27. The Morgan fingerprint density at radius 1 is 0.842 bits per heavy atom. The van der Waals surface area contributed by atoms with E-state index in [0.717, 1.165) is 19.3 Å². The fourth-order valence-corrected chi connectivity index (χ4v) is 2.60. The molecule has 0 nitrogen and oxygen atoms in total. The molecule has 0 aromatic heterocycles. The van der Waals surface area contributed by atoms with Crippen LogP contribution >= 0.6 is 11.6 Å². The summed E-state index contributed by atoms with van der Waals surface area (Å²) < 4.78 is 0. The zero-order valence-corrected chi connectivity index (χ0v) is 12.2. The first-order valence-corrected chi connectivity index (χ1v) is 7.51. The average Bonchev–Trinajstić information content (AvgIpc) is 2.47. The molecule has 0 saturated heterocycles. The van der Waals surface area contributed by atoms with Crippen LogP contribution in [-0.4, -0.2) is 5.38 Å². The largest absolute Gasteiger partial charge is 0.123 e. The molecule has 19 heavy (non-hydrogen) atoms. The van der Waals surface area contributed by atoms with Gasteiger partial charge in [0, 0.05) is 5.38 Å². The van der Waals surface area contributed by atoms with Gasteiger partial charge in [0.05, 0.1) is 0 Å². The smallest absolute Gasteiger partial charge is 0.0339 e. The maximum Gasteiger partial charge on any atom is 0.0339 e. The van der Waals surface area contributed by atoms with Gasteiger partial charge in [0.1, 0.15) is 0 Å². The van der Waals surface area contributed by atoms with Gasteiger partial charge in [0.15, 0.2) is 0 Å². The van der Waals surface area contributed by atoms with E-state index in [1.54, 1.807) is 0 Å². The molecule has 0 saturated carbocycles. The van der Waals surface area contributed by atoms with Gasteiger partial charge in [0.2, 0.25) is 0 Å². The lowest BCUT2D eigenvalue weighted by atomic mass is 10.0. The molecule has 0 heterocycles. The molecule has 0 aliphatic heterocycles. The summed E-state index contributed by atoms with van der Waals surface area (Å²) in [6.45, 7) is 2.18. The van der Waals surface area contributed by atoms with Gasteiger partial charge in [0.25, 0.3) is 0 Å². The van der Waals surface area contributed by atoms with Crippen molar-refractivity contribution in [2.75, 3.05) is 0 Å². The molecule has 0 amide bonds. The van der Waals surface area contributed by atoms with Crippen LogP contribution in [0, 0.1) is 0 Å². The van der Waals surface area contributed by atoms with Crippen molar-refractivity contribution in [3.63, 3.8) is 0 Å². The molecule has 2 rings (SSSR count). The first-order chi connectivity index (χ1) is 9.29. The fourth-order valence-electron chi connectivity index (χ4n) is 2.28. The molecule has 0 fully saturated rings. The van der Waals surface area contributed by atoms with Gasteiger partial charge in [-0.2, -0.15) is 0 Å². The maximum absolute atomic E-state index is 6.26. The number of benzene rings is 2. The highest BCUT2D eigenvalue weighted by Crippen LogP contribution is 2.20. The van der Waals surface area contributed by atoms with Gasteiger partial charge in [-0.3, -0.25) is 0 Å². The summed E-state index contributed by atoms with van der Waals surface area (Å²) in [5.41, 5.74) is 3.93. The monoisotopic (exact) mass is 272 g/mol. The first kappa shape index (κ1) is 14.1. The van der Waals surface area contributed by atoms with Gasteiger partial charge < -0.3 is 0 Å². The van der Waals surface area contributed by atoms with Crippen LogP contribution in [0.2, 0.25) is 0 Å². The van der Waals surface area contributed by atoms with Crippen LogP contribution in [0.5, 0.6) is 0 Å². The normalized spacial score (nSPS) is 12.3. The van der Waals surface area contributed by atoms with E-state index in [2.05, 4.69) is 55.5 Å². The quantitative estimate of drug-likeness (QED) is 0.592. The summed E-state index contributed by atoms with van der Waals surface area (Å²) in [6.07, 6.45) is 4.42. The van der Waals surface area contributed by atoms with Gasteiger partial charge in [-0.15, -0.1) is 11.6 Å². The Kier molecular flexibility index (Phi) is 5.47. The van der Waals surface area contributed by atoms with E-state index in [1.807, 2.05) is 6.07 Å². The van der Waals surface area contributed by atoms with Crippen molar-refractivity contribution in [2.45, 2.75) is 38.0 Å². The third-order valence-electron chi connectivity index (χ3n) is 3.41. The van der Waals surface area contributed by atoms with E-state index >= 15 is 0 Å². The lowest BCUT2D eigenvalue weighted by molar-refractivity contribution is 0.676. The van der Waals surface area contributed by atoms with Crippen molar-refractivity contribution in [3.05, 3.63) is 60.2 Å². The molecule has 1 atom stereocenters. The van der Waals surface area contributed by atoms with Crippen molar-refractivity contribution in [2.24, 2.45) is 0 Å². The molecule has 2 aromatic rings. The van der Waals surface area contributed by atoms with Crippen LogP contribution in [0.1, 0.15) is 31.7 Å². The number of alkyl halides is 1. The SMILES string of the molecule is CCCC(Cl)CCc1ccc(-c2ccccc2)cc1. The minimum atomic E-state index is 0.318. The average molecular weight is 273 g/mol. The molecule has 1 heteroatoms. The van der Waals surface area contributed by atoms with Gasteiger partial charge in [-0.1, -0.05) is 67.9 Å². The molecule has 0 N–H and O–H groups in total. The van der Waals surface area contributed by atoms with E-state index in [9.17, 15) is 0 Å². The zero-order chi connectivity index (χ0) is 13.5. The summed E-state index contributed by atoms with van der Waals surface area (Å²) in [4.78, 5) is 0. The molecule has 0 bridgehead atoms. The predicted octanol–water partition coefficient (Wildman–Crippen LogP) is 5.69. The number of halogens is 1. The van der Waals surface area contributed by atoms with Crippen molar-refractivity contribution in [1.82, 2.24) is 0 Å². The minimum absolute atomic E-state index is 0.318. The molecule has 1 unspecified atom stereocenters. The standard InChI is InChI=1S/C18H21Cl/c1-2-6-18(19)14-11-15-9-12-17(13-10-15)16-7-4-3-5-8-16/h3-5,7-10,12-13,18H,2,6,11,14H2,1H3. The molecule has 2 aromatic carbocycles. The number of hydrogen-bond acceptors (Lipinski definition) is 0. The van der Waals surface area contributed by atoms with E-state index < -0.39 is 0 Å². The molecule has 100 valence electrons. The van der Waals surface area contributed by atoms with Crippen LogP contribution in [0.4, 0.5) is 0 Å². The summed E-state index contributed by atoms with van der Waals surface area (Å²) in [7, 11) is 0. The predicted molar refractivity (Wildman–Crippen MR) is 84.7 cm³/mol. The molecule has 0 radical (unpaired) electrons. The van der Waals surface area contributed by atoms with Gasteiger partial charge in [-0.05, 0) is 36.0 Å². The molecule has 0 aliphatic rings. The van der Waals surface area contributed by atoms with Crippen molar-refractivity contribution < 1.29 is 0 Å². The Morgan fingerprint density at radius 2 is 1.47 bits per heavy atom. The third-order valence-corrected chi connectivity index (χ3v) is 3.85. The first-order valence-electron chi connectivity index (χ1n) is 7.08. The van der Waals surface area contributed by atoms with Crippen LogP contribution in [0.3, 0.4) is 0 Å². The van der Waals surface area contributed by atoms with E-state index in [0.29, 0.717) is 5.38 Å². The molecular weight excluding hydrogens is 252 g/mol. The fraction of sp³-hybridized carbons (Fsp3) is 0.333. The van der Waals surface area contributed by atoms with Crippen molar-refractivity contribution >= 4 is 11.6 Å². The molecule has 0 aliphatic carbocycles. The van der Waals surface area contributed by atoms with Crippen LogP contribution < -0.4 is 0 Å². The Morgan fingerprint density at radius 3 is 2.11 bits per heavy atom. The second-order valence-electron chi connectivity index (χ2n) is 4.99. The van der Waals surface area contributed by atoms with Gasteiger partial charge in [-0.25, -0.2) is 0 Å². The van der Waals surface area contributed by atoms with Crippen LogP contribution in [0.25, 0.3) is 11.1 Å². The molecule has 0 spiro atoms. The molecular formula is C18H21Cl. The lowest BCUT2D eigenvalue weighted by Gasteiger charge is -2.08. The second kappa shape index (κ2) is 7.35. The number of aryl methyl sites for hydroxylation is 1. The Bertz CT molecular complexity index is 473. The summed E-state index contributed by atoms with van der Waals surface area (Å²) in [6, 6.07) is 19.3. The second-order valence-corrected chi connectivity index (χ2v) is 5.60. The summed E-state index contributed by atoms with van der Waals surface area (Å²) >= 11 is 6.26. The van der Waals surface area contributed by atoms with Crippen LogP contribution in [-0.2, 0) is 6.42 Å². The highest BCUT2D eigenvalue weighted by Gasteiger charge is 2.04. The van der Waals surface area contributed by atoms with Crippen LogP contribution in [0.15, 0.2) is 54.6 Å². The number of rotatable bonds is 6. The van der Waals surface area contributed by atoms with E-state index in [-0.39, 0.29) is 0 Å². The highest BCUT2D eigenvalue weighted by molar-refractivity contribution is 6.20. The summed E-state index contributed by atoms with van der Waals surface area (Å²) in [5, 5.41) is 0.318. The van der Waals surface area contributed by atoms with E-state index in [1.165, 1.54) is 23.1 Å². The third kappa shape index (κ3) is 4.40. The highest BCUT2D eigenvalue weighted by atomic mass is 35.5. The topological polar surface area (TPSA) is 0 Å². The minimum Gasteiger partial charge on any atom is -0.123 e. The number of hydrogen-bond donors (Lipinski definition) is 0. The zero-order valence-electron chi connectivity index (χ0n) is 11.5. The Balaban J connectivity index is 1.95.